The van der Waals surface area contributed by atoms with Crippen LogP contribution in [0.5, 0.6) is 0 Å². The van der Waals surface area contributed by atoms with Crippen LogP contribution < -0.4 is 5.32 Å². The fraction of sp³-hybridized carbons (Fsp3) is 0.333. The number of halogens is 3. The topological polar surface area (TPSA) is 53.6 Å². The highest BCUT2D eigenvalue weighted by atomic mass is 32.1. The van der Waals surface area contributed by atoms with E-state index in [1.807, 2.05) is 6.07 Å². The summed E-state index contributed by atoms with van der Waals surface area (Å²) in [5, 5.41) is 10.6. The minimum atomic E-state index is -4.38. The number of rotatable bonds is 4. The maximum atomic E-state index is 12.2. The van der Waals surface area contributed by atoms with Gasteiger partial charge in [0.2, 0.25) is 0 Å². The number of aromatic nitrogens is 3. The Morgan fingerprint density at radius 2 is 2.24 bits per heavy atom. The van der Waals surface area contributed by atoms with E-state index in [4.69, 9.17) is 0 Å². The van der Waals surface area contributed by atoms with E-state index in [1.54, 1.807) is 6.20 Å². The second kappa shape index (κ2) is 4.74. The standard InChI is InChI=1S/C9H9F3N4S/c10-9(11,12)7-5-17-8(15-7)13-3-1-6-2-4-14-16-6/h2,4-5H,1,3H2,(H,13,15)(H,14,16). The Morgan fingerprint density at radius 3 is 2.82 bits per heavy atom. The van der Waals surface area contributed by atoms with Gasteiger partial charge in [0.15, 0.2) is 10.8 Å². The van der Waals surface area contributed by atoms with E-state index in [0.29, 0.717) is 13.0 Å². The molecule has 4 nitrogen and oxygen atoms in total. The minimum absolute atomic E-state index is 0.275. The molecular formula is C9H9F3N4S. The highest BCUT2D eigenvalue weighted by Gasteiger charge is 2.33. The van der Waals surface area contributed by atoms with Gasteiger partial charge in [-0.15, -0.1) is 11.3 Å². The first kappa shape index (κ1) is 11.9. The molecule has 0 aliphatic heterocycles. The summed E-state index contributed by atoms with van der Waals surface area (Å²) in [5.41, 5.74) is 0.0663. The summed E-state index contributed by atoms with van der Waals surface area (Å²) in [6, 6.07) is 1.81. The van der Waals surface area contributed by atoms with E-state index in [2.05, 4.69) is 20.5 Å². The zero-order valence-corrected chi connectivity index (χ0v) is 9.40. The molecule has 8 heteroatoms. The van der Waals surface area contributed by atoms with E-state index in [9.17, 15) is 13.2 Å². The van der Waals surface area contributed by atoms with Crippen molar-refractivity contribution in [2.75, 3.05) is 11.9 Å². The molecule has 2 aromatic heterocycles. The average Bonchev–Trinajstić information content (AvgIpc) is 2.86. The Hall–Kier alpha value is -1.57. The van der Waals surface area contributed by atoms with Crippen LogP contribution in [0.4, 0.5) is 18.3 Å². The van der Waals surface area contributed by atoms with E-state index < -0.39 is 11.9 Å². The maximum absolute atomic E-state index is 12.2. The first-order valence-corrected chi connectivity index (χ1v) is 5.68. The molecule has 0 fully saturated rings. The van der Waals surface area contributed by atoms with Crippen LogP contribution in [-0.4, -0.2) is 21.7 Å². The van der Waals surface area contributed by atoms with Gasteiger partial charge >= 0.3 is 6.18 Å². The monoisotopic (exact) mass is 262 g/mol. The average molecular weight is 262 g/mol. The summed E-state index contributed by atoms with van der Waals surface area (Å²) < 4.78 is 36.7. The lowest BCUT2D eigenvalue weighted by Crippen LogP contribution is -2.08. The van der Waals surface area contributed by atoms with Crippen LogP contribution in [0.3, 0.4) is 0 Å². The third-order valence-corrected chi connectivity index (χ3v) is 2.82. The third-order valence-electron chi connectivity index (χ3n) is 2.02. The van der Waals surface area contributed by atoms with Crippen molar-refractivity contribution in [3.8, 4) is 0 Å². The van der Waals surface area contributed by atoms with Gasteiger partial charge in [-0.1, -0.05) is 0 Å². The van der Waals surface area contributed by atoms with Crippen LogP contribution in [0.2, 0.25) is 0 Å². The molecule has 0 aliphatic rings. The summed E-state index contributed by atoms with van der Waals surface area (Å²) in [6.45, 7) is 0.507. The Morgan fingerprint density at radius 1 is 1.41 bits per heavy atom. The molecule has 2 rings (SSSR count). The first-order valence-electron chi connectivity index (χ1n) is 4.80. The van der Waals surface area contributed by atoms with Crippen molar-refractivity contribution in [3.05, 3.63) is 29.0 Å². The molecule has 0 aliphatic carbocycles. The lowest BCUT2D eigenvalue weighted by atomic mass is 10.3. The van der Waals surface area contributed by atoms with Crippen LogP contribution >= 0.6 is 11.3 Å². The van der Waals surface area contributed by atoms with Gasteiger partial charge in [-0.05, 0) is 6.07 Å². The van der Waals surface area contributed by atoms with E-state index >= 15 is 0 Å². The summed E-state index contributed by atoms with van der Waals surface area (Å²) in [5.74, 6) is 0. The summed E-state index contributed by atoms with van der Waals surface area (Å²) in [6.07, 6.45) is -2.10. The maximum Gasteiger partial charge on any atom is 0.434 e. The zero-order chi connectivity index (χ0) is 12.3. The molecule has 0 radical (unpaired) electrons. The number of hydrogen-bond acceptors (Lipinski definition) is 4. The fourth-order valence-corrected chi connectivity index (χ4v) is 1.96. The van der Waals surface area contributed by atoms with E-state index in [0.717, 1.165) is 22.4 Å². The van der Waals surface area contributed by atoms with Crippen LogP contribution in [0.15, 0.2) is 17.6 Å². The molecule has 0 amide bonds. The van der Waals surface area contributed by atoms with Gasteiger partial charge in [-0.3, -0.25) is 5.10 Å². The van der Waals surface area contributed by atoms with Gasteiger partial charge in [-0.2, -0.15) is 18.3 Å². The SMILES string of the molecule is FC(F)(F)c1csc(NCCc2ccn[nH]2)n1. The largest absolute Gasteiger partial charge is 0.434 e. The summed E-state index contributed by atoms with van der Waals surface area (Å²) >= 11 is 0.946. The quantitative estimate of drug-likeness (QED) is 0.890. The number of aromatic amines is 1. The molecule has 0 bridgehead atoms. The molecule has 0 aromatic carbocycles. The van der Waals surface area contributed by atoms with Crippen molar-refractivity contribution < 1.29 is 13.2 Å². The number of H-pyrrole nitrogens is 1. The van der Waals surface area contributed by atoms with Gasteiger partial charge in [-0.25, -0.2) is 4.98 Å². The van der Waals surface area contributed by atoms with Gasteiger partial charge in [0.25, 0.3) is 0 Å². The van der Waals surface area contributed by atoms with E-state index in [1.165, 1.54) is 0 Å². The van der Waals surface area contributed by atoms with Crippen LogP contribution in [-0.2, 0) is 12.6 Å². The molecular weight excluding hydrogens is 253 g/mol. The van der Waals surface area contributed by atoms with Crippen molar-refractivity contribution in [1.82, 2.24) is 15.2 Å². The van der Waals surface area contributed by atoms with Crippen LogP contribution in [0.1, 0.15) is 11.4 Å². The Labute approximate surface area is 98.9 Å². The summed E-state index contributed by atoms with van der Waals surface area (Å²) in [7, 11) is 0. The predicted octanol–water partition coefficient (Wildman–Crippen LogP) is 2.54. The van der Waals surface area contributed by atoms with E-state index in [-0.39, 0.29) is 5.13 Å². The predicted molar refractivity (Wildman–Crippen MR) is 57.9 cm³/mol. The molecule has 0 atom stereocenters. The second-order valence-electron chi connectivity index (χ2n) is 3.29. The number of hydrogen-bond donors (Lipinski definition) is 2. The van der Waals surface area contributed by atoms with Crippen molar-refractivity contribution in [3.63, 3.8) is 0 Å². The Bertz CT molecular complexity index is 463. The second-order valence-corrected chi connectivity index (χ2v) is 4.15. The molecule has 17 heavy (non-hydrogen) atoms. The van der Waals surface area contributed by atoms with Crippen molar-refractivity contribution in [2.45, 2.75) is 12.6 Å². The lowest BCUT2D eigenvalue weighted by molar-refractivity contribution is -0.140. The third kappa shape index (κ3) is 3.19. The molecule has 2 N–H and O–H groups in total. The number of nitrogens with one attached hydrogen (secondary N) is 2. The normalized spacial score (nSPS) is 11.7. The number of alkyl halides is 3. The van der Waals surface area contributed by atoms with Gasteiger partial charge in [0.1, 0.15) is 0 Å². The van der Waals surface area contributed by atoms with Crippen molar-refractivity contribution >= 4 is 16.5 Å². The smallest absolute Gasteiger partial charge is 0.361 e. The highest BCUT2D eigenvalue weighted by Crippen LogP contribution is 2.31. The molecule has 2 aromatic rings. The molecule has 0 spiro atoms. The molecule has 92 valence electrons. The summed E-state index contributed by atoms with van der Waals surface area (Å²) in [4.78, 5) is 3.46. The van der Waals surface area contributed by atoms with Gasteiger partial charge in [0.05, 0.1) is 0 Å². The van der Waals surface area contributed by atoms with Crippen LogP contribution in [0, 0.1) is 0 Å². The lowest BCUT2D eigenvalue weighted by Gasteiger charge is -2.02. The molecule has 0 unspecified atom stereocenters. The fourth-order valence-electron chi connectivity index (χ4n) is 1.21. The Kier molecular flexibility index (Phi) is 3.32. The number of thiazole rings is 1. The Balaban J connectivity index is 1.85. The minimum Gasteiger partial charge on any atom is -0.361 e. The van der Waals surface area contributed by atoms with Crippen LogP contribution in [0.25, 0.3) is 0 Å². The number of nitrogens with zero attached hydrogens (tertiary/aromatic N) is 2. The van der Waals surface area contributed by atoms with Gasteiger partial charge in [0, 0.05) is 30.2 Å². The molecule has 0 saturated carbocycles. The zero-order valence-electron chi connectivity index (χ0n) is 8.58. The number of anilines is 1. The molecule has 2 heterocycles. The van der Waals surface area contributed by atoms with Crippen molar-refractivity contribution in [1.29, 1.82) is 0 Å². The van der Waals surface area contributed by atoms with Gasteiger partial charge < -0.3 is 5.32 Å². The highest BCUT2D eigenvalue weighted by molar-refractivity contribution is 7.13. The first-order chi connectivity index (χ1) is 8.05. The molecule has 0 saturated heterocycles. The van der Waals surface area contributed by atoms with Crippen molar-refractivity contribution in [2.24, 2.45) is 0 Å².